The van der Waals surface area contributed by atoms with E-state index in [1.807, 2.05) is 0 Å². The Kier molecular flexibility index (Phi) is 7.49. The third-order valence-electron chi connectivity index (χ3n) is 3.60. The van der Waals surface area contributed by atoms with Crippen molar-refractivity contribution >= 4 is 11.6 Å². The molecule has 0 saturated carbocycles. The molecule has 0 aliphatic heterocycles. The lowest BCUT2D eigenvalue weighted by Gasteiger charge is -2.12. The molecular weight excluding hydrogens is 378 g/mol. The van der Waals surface area contributed by atoms with Gasteiger partial charge in [-0.15, -0.1) is 0 Å². The number of nitro benzene ring substituents is 1. The highest BCUT2D eigenvalue weighted by Crippen LogP contribution is 2.29. The number of carbonyl (C=O) groups is 1. The maximum Gasteiger partial charge on any atom is 0.387 e. The van der Waals surface area contributed by atoms with Gasteiger partial charge in [-0.25, -0.2) is 0 Å². The molecule has 0 saturated heterocycles. The standard InChI is InChI=1S/C18H18F2N2O6/c1-26-16-10-12(2-7-15(16)28-18(19)20)8-9-21-17(23)11-27-14-5-3-13(4-6-14)22(24)25/h2-7,10,18H,8-9,11H2,1H3,(H,21,23). The molecule has 8 nitrogen and oxygen atoms in total. The van der Waals surface area contributed by atoms with Gasteiger partial charge in [-0.3, -0.25) is 14.9 Å². The summed E-state index contributed by atoms with van der Waals surface area (Å²) in [6.07, 6.45) is 0.439. The SMILES string of the molecule is COc1cc(CCNC(=O)COc2ccc([N+](=O)[O-])cc2)ccc1OC(F)F. The van der Waals surface area contributed by atoms with Gasteiger partial charge in [0.15, 0.2) is 18.1 Å². The zero-order valence-electron chi connectivity index (χ0n) is 14.9. The smallest absolute Gasteiger partial charge is 0.387 e. The summed E-state index contributed by atoms with van der Waals surface area (Å²) in [4.78, 5) is 21.8. The Labute approximate surface area is 159 Å². The molecule has 2 rings (SSSR count). The van der Waals surface area contributed by atoms with Crippen molar-refractivity contribution in [2.45, 2.75) is 13.0 Å². The summed E-state index contributed by atoms with van der Waals surface area (Å²) in [5.41, 5.74) is 0.687. The van der Waals surface area contributed by atoms with Gasteiger partial charge < -0.3 is 19.5 Å². The predicted molar refractivity (Wildman–Crippen MR) is 94.9 cm³/mol. The number of carbonyl (C=O) groups excluding carboxylic acids is 1. The van der Waals surface area contributed by atoms with Gasteiger partial charge in [0.2, 0.25) is 0 Å². The molecule has 2 aromatic carbocycles. The number of hydrogen-bond donors (Lipinski definition) is 1. The number of hydrogen-bond acceptors (Lipinski definition) is 6. The minimum absolute atomic E-state index is 0.0678. The van der Waals surface area contributed by atoms with Crippen LogP contribution in [-0.2, 0) is 11.2 Å². The van der Waals surface area contributed by atoms with Crippen molar-refractivity contribution in [1.29, 1.82) is 0 Å². The molecule has 150 valence electrons. The number of halogens is 2. The lowest BCUT2D eigenvalue weighted by atomic mass is 10.1. The summed E-state index contributed by atoms with van der Waals surface area (Å²) < 4.78 is 39.2. The minimum Gasteiger partial charge on any atom is -0.493 e. The highest BCUT2D eigenvalue weighted by Gasteiger charge is 2.11. The van der Waals surface area contributed by atoms with Crippen LogP contribution in [0.1, 0.15) is 5.56 Å². The fourth-order valence-electron chi connectivity index (χ4n) is 2.27. The first-order chi connectivity index (χ1) is 13.4. The highest BCUT2D eigenvalue weighted by atomic mass is 19.3. The molecule has 0 radical (unpaired) electrons. The molecule has 1 N–H and O–H groups in total. The number of nitro groups is 1. The third-order valence-corrected chi connectivity index (χ3v) is 3.60. The molecule has 1 amide bonds. The van der Waals surface area contributed by atoms with Crippen molar-refractivity contribution in [3.63, 3.8) is 0 Å². The van der Waals surface area contributed by atoms with Crippen molar-refractivity contribution in [2.24, 2.45) is 0 Å². The van der Waals surface area contributed by atoms with Crippen molar-refractivity contribution in [3.05, 3.63) is 58.1 Å². The van der Waals surface area contributed by atoms with E-state index in [4.69, 9.17) is 9.47 Å². The topological polar surface area (TPSA) is 99.9 Å². The molecular formula is C18H18F2N2O6. The van der Waals surface area contributed by atoms with E-state index < -0.39 is 11.5 Å². The van der Waals surface area contributed by atoms with Crippen LogP contribution >= 0.6 is 0 Å². The van der Waals surface area contributed by atoms with Crippen LogP contribution in [0.2, 0.25) is 0 Å². The zero-order valence-corrected chi connectivity index (χ0v) is 14.9. The Hall–Kier alpha value is -3.43. The Morgan fingerprint density at radius 1 is 1.18 bits per heavy atom. The number of nitrogens with one attached hydrogen (secondary N) is 1. The van der Waals surface area contributed by atoms with Crippen LogP contribution in [0.15, 0.2) is 42.5 Å². The van der Waals surface area contributed by atoms with Gasteiger partial charge in [-0.1, -0.05) is 6.07 Å². The van der Waals surface area contributed by atoms with Gasteiger partial charge in [0.1, 0.15) is 5.75 Å². The molecule has 10 heteroatoms. The van der Waals surface area contributed by atoms with Gasteiger partial charge >= 0.3 is 6.61 Å². The molecule has 0 fully saturated rings. The van der Waals surface area contributed by atoms with E-state index in [0.29, 0.717) is 18.7 Å². The Balaban J connectivity index is 1.77. The minimum atomic E-state index is -2.95. The average Bonchev–Trinajstić information content (AvgIpc) is 2.67. The first-order valence-electron chi connectivity index (χ1n) is 8.14. The van der Waals surface area contributed by atoms with Gasteiger partial charge in [0.05, 0.1) is 12.0 Å². The summed E-state index contributed by atoms with van der Waals surface area (Å²) in [6.45, 7) is -2.90. The van der Waals surface area contributed by atoms with E-state index in [1.54, 1.807) is 12.1 Å². The summed E-state index contributed by atoms with van der Waals surface area (Å²) in [5, 5.41) is 13.2. The number of nitrogens with zero attached hydrogens (tertiary/aromatic N) is 1. The lowest BCUT2D eigenvalue weighted by Crippen LogP contribution is -2.30. The quantitative estimate of drug-likeness (QED) is 0.490. The summed E-state index contributed by atoms with van der Waals surface area (Å²) in [6, 6.07) is 9.89. The Morgan fingerprint density at radius 3 is 2.50 bits per heavy atom. The van der Waals surface area contributed by atoms with Crippen molar-refractivity contribution in [3.8, 4) is 17.2 Å². The molecule has 28 heavy (non-hydrogen) atoms. The van der Waals surface area contributed by atoms with Gasteiger partial charge in [0, 0.05) is 18.7 Å². The molecule has 0 heterocycles. The number of ether oxygens (including phenoxy) is 3. The number of benzene rings is 2. The van der Waals surface area contributed by atoms with E-state index in [2.05, 4.69) is 10.1 Å². The second kappa shape index (κ2) is 10.0. The normalized spacial score (nSPS) is 10.4. The van der Waals surface area contributed by atoms with Gasteiger partial charge in [-0.05, 0) is 36.2 Å². The number of non-ortho nitro benzene ring substituents is 1. The Bertz CT molecular complexity index is 814. The number of alkyl halides is 2. The van der Waals surface area contributed by atoms with E-state index in [0.717, 1.165) is 5.56 Å². The average molecular weight is 396 g/mol. The summed E-state index contributed by atoms with van der Waals surface area (Å²) >= 11 is 0. The van der Waals surface area contributed by atoms with Crippen LogP contribution in [0.4, 0.5) is 14.5 Å². The van der Waals surface area contributed by atoms with Crippen LogP contribution in [0.3, 0.4) is 0 Å². The van der Waals surface area contributed by atoms with E-state index >= 15 is 0 Å². The first kappa shape index (κ1) is 20.9. The van der Waals surface area contributed by atoms with E-state index in [1.165, 1.54) is 37.4 Å². The van der Waals surface area contributed by atoms with Gasteiger partial charge in [-0.2, -0.15) is 8.78 Å². The van der Waals surface area contributed by atoms with Crippen LogP contribution in [0.25, 0.3) is 0 Å². The maximum absolute atomic E-state index is 12.3. The molecule has 0 aromatic heterocycles. The fraction of sp³-hybridized carbons (Fsp3) is 0.278. The third kappa shape index (κ3) is 6.38. The molecule has 0 aliphatic carbocycles. The van der Waals surface area contributed by atoms with Crippen molar-refractivity contribution in [1.82, 2.24) is 5.32 Å². The number of rotatable bonds is 10. The second-order valence-corrected chi connectivity index (χ2v) is 5.50. The first-order valence-corrected chi connectivity index (χ1v) is 8.14. The molecule has 0 atom stereocenters. The largest absolute Gasteiger partial charge is 0.493 e. The lowest BCUT2D eigenvalue weighted by molar-refractivity contribution is -0.384. The summed E-state index contributed by atoms with van der Waals surface area (Å²) in [5.74, 6) is 0.0653. The predicted octanol–water partition coefficient (Wildman–Crippen LogP) is 2.94. The van der Waals surface area contributed by atoms with Crippen LogP contribution in [0, 0.1) is 10.1 Å². The zero-order chi connectivity index (χ0) is 20.5. The van der Waals surface area contributed by atoms with Crippen LogP contribution in [-0.4, -0.2) is 37.7 Å². The number of amides is 1. The monoisotopic (exact) mass is 396 g/mol. The molecule has 0 spiro atoms. The van der Waals surface area contributed by atoms with E-state index in [-0.39, 0.29) is 29.7 Å². The number of methoxy groups -OCH3 is 1. The van der Waals surface area contributed by atoms with Crippen LogP contribution < -0.4 is 19.5 Å². The van der Waals surface area contributed by atoms with Crippen LogP contribution in [0.5, 0.6) is 17.2 Å². The summed E-state index contributed by atoms with van der Waals surface area (Å²) in [7, 11) is 1.34. The van der Waals surface area contributed by atoms with E-state index in [9.17, 15) is 23.7 Å². The molecule has 0 unspecified atom stereocenters. The molecule has 0 aliphatic rings. The molecule has 2 aromatic rings. The fourth-order valence-corrected chi connectivity index (χ4v) is 2.27. The highest BCUT2D eigenvalue weighted by molar-refractivity contribution is 5.77. The Morgan fingerprint density at radius 2 is 1.89 bits per heavy atom. The van der Waals surface area contributed by atoms with Crippen molar-refractivity contribution < 1.29 is 32.7 Å². The van der Waals surface area contributed by atoms with Crippen molar-refractivity contribution in [2.75, 3.05) is 20.3 Å². The molecule has 0 bridgehead atoms. The van der Waals surface area contributed by atoms with Gasteiger partial charge in [0.25, 0.3) is 11.6 Å². The maximum atomic E-state index is 12.3. The second-order valence-electron chi connectivity index (χ2n) is 5.50.